The SMILES string of the molecule is N#C/C(=N\Nc1ccc(C(=O)O)c(Br)c1)C(=N)N. The molecule has 0 radical (unpaired) electrons. The van der Waals surface area contributed by atoms with Crippen molar-refractivity contribution in [2.45, 2.75) is 0 Å². The first kappa shape index (κ1) is 13.7. The number of carboxylic acid groups (broad SMARTS) is 1. The molecule has 1 aromatic carbocycles. The minimum atomic E-state index is -1.06. The molecule has 0 saturated heterocycles. The van der Waals surface area contributed by atoms with E-state index in [9.17, 15) is 4.79 Å². The molecule has 7 nitrogen and oxygen atoms in total. The van der Waals surface area contributed by atoms with Gasteiger partial charge in [0.25, 0.3) is 0 Å². The molecule has 0 atom stereocenters. The number of nitriles is 1. The van der Waals surface area contributed by atoms with Crippen molar-refractivity contribution < 1.29 is 9.90 Å². The van der Waals surface area contributed by atoms with Crippen molar-refractivity contribution in [3.05, 3.63) is 28.2 Å². The molecule has 18 heavy (non-hydrogen) atoms. The number of carbonyl (C=O) groups is 1. The van der Waals surface area contributed by atoms with Gasteiger partial charge in [-0.1, -0.05) is 0 Å². The summed E-state index contributed by atoms with van der Waals surface area (Å²) in [7, 11) is 0. The van der Waals surface area contributed by atoms with E-state index < -0.39 is 11.8 Å². The molecule has 8 heteroatoms. The molecule has 0 amide bonds. The Labute approximate surface area is 111 Å². The predicted molar refractivity (Wildman–Crippen MR) is 69.7 cm³/mol. The van der Waals surface area contributed by atoms with Crippen molar-refractivity contribution in [2.24, 2.45) is 10.8 Å². The number of anilines is 1. The Balaban J connectivity index is 2.95. The fourth-order valence-corrected chi connectivity index (χ4v) is 1.57. The van der Waals surface area contributed by atoms with E-state index in [0.717, 1.165) is 0 Å². The maximum Gasteiger partial charge on any atom is 0.336 e. The lowest BCUT2D eigenvalue weighted by atomic mass is 10.2. The van der Waals surface area contributed by atoms with Crippen LogP contribution in [-0.4, -0.2) is 22.6 Å². The Morgan fingerprint density at radius 1 is 1.61 bits per heavy atom. The average Bonchev–Trinajstić information content (AvgIpc) is 2.28. The van der Waals surface area contributed by atoms with Crippen LogP contribution in [0.3, 0.4) is 0 Å². The zero-order valence-electron chi connectivity index (χ0n) is 8.94. The van der Waals surface area contributed by atoms with Crippen LogP contribution in [0.2, 0.25) is 0 Å². The third kappa shape index (κ3) is 3.29. The van der Waals surface area contributed by atoms with Crippen molar-refractivity contribution in [1.82, 2.24) is 0 Å². The van der Waals surface area contributed by atoms with Crippen molar-refractivity contribution in [3.63, 3.8) is 0 Å². The normalized spacial score (nSPS) is 10.6. The Morgan fingerprint density at radius 2 is 2.28 bits per heavy atom. The van der Waals surface area contributed by atoms with Gasteiger partial charge in [0.2, 0.25) is 5.71 Å². The lowest BCUT2D eigenvalue weighted by molar-refractivity contribution is 0.0696. The number of nitrogens with one attached hydrogen (secondary N) is 2. The van der Waals surface area contributed by atoms with E-state index in [1.165, 1.54) is 18.2 Å². The lowest BCUT2D eigenvalue weighted by Crippen LogP contribution is -2.21. The number of hydrogen-bond donors (Lipinski definition) is 4. The fraction of sp³-hybridized carbons (Fsp3) is 0. The van der Waals surface area contributed by atoms with Gasteiger partial charge >= 0.3 is 5.97 Å². The molecule has 1 rings (SSSR count). The summed E-state index contributed by atoms with van der Waals surface area (Å²) in [6, 6.07) is 5.99. The van der Waals surface area contributed by atoms with Crippen LogP contribution in [0.1, 0.15) is 10.4 Å². The maximum atomic E-state index is 10.8. The van der Waals surface area contributed by atoms with Gasteiger partial charge in [0.05, 0.1) is 11.3 Å². The van der Waals surface area contributed by atoms with E-state index >= 15 is 0 Å². The second-order valence-electron chi connectivity index (χ2n) is 3.10. The summed E-state index contributed by atoms with van der Waals surface area (Å²) in [6.45, 7) is 0. The van der Waals surface area contributed by atoms with Crippen LogP contribution >= 0.6 is 15.9 Å². The maximum absolute atomic E-state index is 10.8. The Morgan fingerprint density at radius 3 is 2.72 bits per heavy atom. The third-order valence-corrected chi connectivity index (χ3v) is 2.51. The zero-order valence-corrected chi connectivity index (χ0v) is 10.5. The van der Waals surface area contributed by atoms with Gasteiger partial charge in [-0.05, 0) is 34.1 Å². The summed E-state index contributed by atoms with van der Waals surface area (Å²) in [5.74, 6) is -1.51. The fourth-order valence-electron chi connectivity index (χ4n) is 1.02. The highest BCUT2D eigenvalue weighted by atomic mass is 79.9. The molecule has 0 aliphatic carbocycles. The number of hydrogen-bond acceptors (Lipinski definition) is 5. The molecular formula is C10H8BrN5O2. The van der Waals surface area contributed by atoms with Crippen LogP contribution in [-0.2, 0) is 0 Å². The average molecular weight is 310 g/mol. The minimum absolute atomic E-state index is 0.108. The molecule has 0 bridgehead atoms. The van der Waals surface area contributed by atoms with Crippen LogP contribution in [0.5, 0.6) is 0 Å². The molecular weight excluding hydrogens is 302 g/mol. The summed E-state index contributed by atoms with van der Waals surface area (Å²) in [4.78, 5) is 10.8. The number of rotatable bonds is 4. The summed E-state index contributed by atoms with van der Waals surface area (Å²) >= 11 is 3.10. The Bertz CT molecular complexity index is 576. The molecule has 0 spiro atoms. The molecule has 0 saturated carbocycles. The largest absolute Gasteiger partial charge is 0.478 e. The van der Waals surface area contributed by atoms with Crippen LogP contribution in [0, 0.1) is 16.7 Å². The zero-order chi connectivity index (χ0) is 13.7. The van der Waals surface area contributed by atoms with E-state index in [1.807, 2.05) is 0 Å². The Kier molecular flexibility index (Phi) is 4.39. The second-order valence-corrected chi connectivity index (χ2v) is 3.95. The topological polar surface area (TPSA) is 135 Å². The Hall–Kier alpha value is -2.40. The van der Waals surface area contributed by atoms with E-state index in [2.05, 4.69) is 26.5 Å². The molecule has 0 aliphatic rings. The highest BCUT2D eigenvalue weighted by Crippen LogP contribution is 2.21. The first-order chi connectivity index (χ1) is 8.45. The summed E-state index contributed by atoms with van der Waals surface area (Å²) in [6.07, 6.45) is 0. The van der Waals surface area contributed by atoms with E-state index in [1.54, 1.807) is 6.07 Å². The predicted octanol–water partition coefficient (Wildman–Crippen LogP) is 1.37. The first-order valence-electron chi connectivity index (χ1n) is 4.56. The number of benzene rings is 1. The number of carboxylic acids is 1. The quantitative estimate of drug-likeness (QED) is 0.378. The van der Waals surface area contributed by atoms with Crippen molar-refractivity contribution in [1.29, 1.82) is 10.7 Å². The van der Waals surface area contributed by atoms with Gasteiger partial charge in [-0.2, -0.15) is 10.4 Å². The van der Waals surface area contributed by atoms with Gasteiger partial charge in [0, 0.05) is 4.47 Å². The van der Waals surface area contributed by atoms with Gasteiger partial charge in [-0.25, -0.2) is 4.79 Å². The van der Waals surface area contributed by atoms with Gasteiger partial charge < -0.3 is 10.8 Å². The van der Waals surface area contributed by atoms with E-state index in [4.69, 9.17) is 21.5 Å². The van der Waals surface area contributed by atoms with E-state index in [-0.39, 0.29) is 11.3 Å². The number of nitrogens with zero attached hydrogens (tertiary/aromatic N) is 2. The van der Waals surface area contributed by atoms with Crippen LogP contribution in [0.4, 0.5) is 5.69 Å². The number of amidine groups is 1. The molecule has 0 aromatic heterocycles. The van der Waals surface area contributed by atoms with Gasteiger partial charge in [0.1, 0.15) is 6.07 Å². The first-order valence-corrected chi connectivity index (χ1v) is 5.36. The van der Waals surface area contributed by atoms with Crippen molar-refractivity contribution in [2.75, 3.05) is 5.43 Å². The summed E-state index contributed by atoms with van der Waals surface area (Å²) in [5.41, 5.74) is 7.92. The number of nitrogens with two attached hydrogens (primary N) is 1. The molecule has 0 unspecified atom stereocenters. The van der Waals surface area contributed by atoms with Crippen LogP contribution in [0.25, 0.3) is 0 Å². The lowest BCUT2D eigenvalue weighted by Gasteiger charge is -2.04. The smallest absolute Gasteiger partial charge is 0.336 e. The van der Waals surface area contributed by atoms with Crippen molar-refractivity contribution in [3.8, 4) is 6.07 Å². The van der Waals surface area contributed by atoms with Gasteiger partial charge in [-0.3, -0.25) is 10.8 Å². The van der Waals surface area contributed by atoms with Gasteiger partial charge in [-0.15, -0.1) is 0 Å². The highest BCUT2D eigenvalue weighted by molar-refractivity contribution is 9.10. The number of hydrazone groups is 1. The van der Waals surface area contributed by atoms with Crippen molar-refractivity contribution >= 4 is 39.1 Å². The number of aromatic carboxylic acids is 1. The molecule has 92 valence electrons. The highest BCUT2D eigenvalue weighted by Gasteiger charge is 2.08. The summed E-state index contributed by atoms with van der Waals surface area (Å²) < 4.78 is 0.372. The minimum Gasteiger partial charge on any atom is -0.478 e. The molecule has 0 heterocycles. The molecule has 1 aromatic rings. The molecule has 5 N–H and O–H groups in total. The molecule has 0 aliphatic heterocycles. The molecule has 0 fully saturated rings. The standard InChI is InChI=1S/C10H8BrN5O2/c11-7-3-5(1-2-6(7)10(17)18)15-16-8(4-12)9(13)14/h1-3,15H,(H3,13,14)(H,17,18)/b16-8+. The third-order valence-electron chi connectivity index (χ3n) is 1.86. The van der Waals surface area contributed by atoms with Crippen LogP contribution < -0.4 is 11.2 Å². The van der Waals surface area contributed by atoms with E-state index in [0.29, 0.717) is 10.2 Å². The second kappa shape index (κ2) is 5.79. The van der Waals surface area contributed by atoms with Crippen LogP contribution in [0.15, 0.2) is 27.8 Å². The summed E-state index contributed by atoms with van der Waals surface area (Å²) in [5, 5.41) is 28.1. The monoisotopic (exact) mass is 309 g/mol. The number of halogens is 1. The van der Waals surface area contributed by atoms with Gasteiger partial charge in [0.15, 0.2) is 5.84 Å².